The van der Waals surface area contributed by atoms with E-state index in [0.717, 1.165) is 24.2 Å². The summed E-state index contributed by atoms with van der Waals surface area (Å²) in [6.07, 6.45) is 7.00. The largest absolute Gasteiger partial charge is 0.148 e. The van der Waals surface area contributed by atoms with Crippen LogP contribution < -0.4 is 0 Å². The van der Waals surface area contributed by atoms with Crippen LogP contribution in [0.1, 0.15) is 73.6 Å². The average Bonchev–Trinajstić information content (AvgIpc) is 2.13. The Morgan fingerprint density at radius 1 is 0.800 bits per heavy atom. The summed E-state index contributed by atoms with van der Waals surface area (Å²) in [6, 6.07) is 0. The Morgan fingerprint density at radius 3 is 1.67 bits per heavy atom. The second kappa shape index (κ2) is 8.24. The Balaban J connectivity index is 4.37. The lowest BCUT2D eigenvalue weighted by atomic mass is 9.28. The second-order valence-electron chi connectivity index (χ2n) is 5.76. The van der Waals surface area contributed by atoms with Crippen molar-refractivity contribution >= 4 is 6.71 Å². The van der Waals surface area contributed by atoms with Gasteiger partial charge in [0.25, 0.3) is 0 Å². The van der Waals surface area contributed by atoms with Crippen LogP contribution in [-0.4, -0.2) is 6.71 Å². The van der Waals surface area contributed by atoms with Gasteiger partial charge >= 0.3 is 0 Å². The molecule has 0 spiro atoms. The zero-order valence-electron chi connectivity index (χ0n) is 11.8. The predicted octanol–water partition coefficient (Wildman–Crippen LogP) is 5.66. The highest BCUT2D eigenvalue weighted by atomic mass is 14.1. The highest BCUT2D eigenvalue weighted by Gasteiger charge is 2.29. The summed E-state index contributed by atoms with van der Waals surface area (Å²) in [6.45, 7) is 15.2. The van der Waals surface area contributed by atoms with E-state index >= 15 is 0 Å². The van der Waals surface area contributed by atoms with Crippen LogP contribution in [0.15, 0.2) is 0 Å². The Morgan fingerprint density at radius 2 is 1.33 bits per heavy atom. The van der Waals surface area contributed by atoms with Gasteiger partial charge in [-0.2, -0.15) is 0 Å². The fraction of sp³-hybridized carbons (Fsp3) is 1.00. The summed E-state index contributed by atoms with van der Waals surface area (Å²) in [5.41, 5.74) is 0. The van der Waals surface area contributed by atoms with Gasteiger partial charge in [0.15, 0.2) is 0 Å². The van der Waals surface area contributed by atoms with Crippen molar-refractivity contribution in [3.05, 3.63) is 0 Å². The van der Waals surface area contributed by atoms with Gasteiger partial charge in [-0.05, 0) is 0 Å². The molecule has 0 bridgehead atoms. The van der Waals surface area contributed by atoms with Crippen LogP contribution in [0.25, 0.3) is 0 Å². The number of unbranched alkanes of at least 4 members (excludes halogenated alkanes) is 1. The first-order valence-electron chi connectivity index (χ1n) is 7.04. The third-order valence-corrected chi connectivity index (χ3v) is 3.67. The minimum absolute atomic E-state index is 0.846. The summed E-state index contributed by atoms with van der Waals surface area (Å²) in [5.74, 6) is 2.66. The van der Waals surface area contributed by atoms with Crippen LogP contribution >= 0.6 is 0 Å². The number of rotatable bonds is 8. The summed E-state index contributed by atoms with van der Waals surface area (Å²) in [7, 11) is 0. The average molecular weight is 210 g/mol. The topological polar surface area (TPSA) is 0 Å². The van der Waals surface area contributed by atoms with E-state index in [9.17, 15) is 0 Å². The van der Waals surface area contributed by atoms with E-state index in [4.69, 9.17) is 0 Å². The van der Waals surface area contributed by atoms with Gasteiger partial charge in [-0.15, -0.1) is 0 Å². The van der Waals surface area contributed by atoms with E-state index in [1.165, 1.54) is 32.1 Å². The van der Waals surface area contributed by atoms with Gasteiger partial charge in [-0.25, -0.2) is 0 Å². The quantitative estimate of drug-likeness (QED) is 0.453. The third-order valence-electron chi connectivity index (χ3n) is 3.67. The van der Waals surface area contributed by atoms with Crippen molar-refractivity contribution in [3.63, 3.8) is 0 Å². The van der Waals surface area contributed by atoms with Crippen molar-refractivity contribution in [1.82, 2.24) is 0 Å². The minimum atomic E-state index is 0.846. The maximum Gasteiger partial charge on any atom is 0.148 e. The Hall–Kier alpha value is 0.0649. The van der Waals surface area contributed by atoms with Gasteiger partial charge in [-0.1, -0.05) is 91.1 Å². The molecular formula is C14H31B. The summed E-state index contributed by atoms with van der Waals surface area (Å²) in [4.78, 5) is 0. The zero-order valence-corrected chi connectivity index (χ0v) is 11.8. The molecule has 0 aliphatic heterocycles. The van der Waals surface area contributed by atoms with Crippen LogP contribution in [-0.2, 0) is 0 Å². The van der Waals surface area contributed by atoms with Crippen LogP contribution in [0.4, 0.5) is 0 Å². The van der Waals surface area contributed by atoms with E-state index in [0.29, 0.717) is 0 Å². The highest BCUT2D eigenvalue weighted by Crippen LogP contribution is 2.36. The zero-order chi connectivity index (χ0) is 11.8. The molecule has 0 nitrogen and oxygen atoms in total. The van der Waals surface area contributed by atoms with Crippen LogP contribution in [0.3, 0.4) is 0 Å². The Bertz CT molecular complexity index is 132. The molecule has 0 heterocycles. The van der Waals surface area contributed by atoms with E-state index in [1.807, 2.05) is 0 Å². The van der Waals surface area contributed by atoms with Crippen molar-refractivity contribution in [2.24, 2.45) is 0 Å². The Kier molecular flexibility index (Phi) is 8.28. The molecule has 0 radical (unpaired) electrons. The molecule has 1 unspecified atom stereocenters. The molecule has 1 atom stereocenters. The van der Waals surface area contributed by atoms with Gasteiger partial charge in [-0.3, -0.25) is 0 Å². The first kappa shape index (κ1) is 15.1. The maximum absolute atomic E-state index is 2.40. The van der Waals surface area contributed by atoms with Crippen LogP contribution in [0.5, 0.6) is 0 Å². The number of hydrogen-bond acceptors (Lipinski definition) is 0. The molecule has 0 saturated heterocycles. The van der Waals surface area contributed by atoms with Gasteiger partial charge in [0, 0.05) is 0 Å². The van der Waals surface area contributed by atoms with Crippen molar-refractivity contribution < 1.29 is 0 Å². The molecule has 0 aromatic carbocycles. The number of hydrogen-bond donors (Lipinski definition) is 0. The lowest BCUT2D eigenvalue weighted by molar-refractivity contribution is 0.598. The first-order chi connectivity index (χ1) is 7.04. The summed E-state index contributed by atoms with van der Waals surface area (Å²) >= 11 is 0. The molecule has 15 heavy (non-hydrogen) atoms. The molecule has 90 valence electrons. The molecule has 0 rings (SSSR count). The van der Waals surface area contributed by atoms with Gasteiger partial charge < -0.3 is 0 Å². The van der Waals surface area contributed by atoms with Crippen LogP contribution in [0.2, 0.25) is 17.5 Å². The van der Waals surface area contributed by atoms with Crippen molar-refractivity contribution in [1.29, 1.82) is 0 Å². The van der Waals surface area contributed by atoms with Crippen molar-refractivity contribution in [2.75, 3.05) is 0 Å². The predicted molar refractivity (Wildman–Crippen MR) is 74.1 cm³/mol. The maximum atomic E-state index is 2.40. The molecule has 0 aromatic heterocycles. The lowest BCUT2D eigenvalue weighted by Gasteiger charge is -2.30. The van der Waals surface area contributed by atoms with Crippen molar-refractivity contribution in [3.8, 4) is 0 Å². The van der Waals surface area contributed by atoms with E-state index < -0.39 is 0 Å². The van der Waals surface area contributed by atoms with Gasteiger partial charge in [0.1, 0.15) is 6.71 Å². The second-order valence-corrected chi connectivity index (χ2v) is 5.76. The molecule has 0 aliphatic rings. The smallest absolute Gasteiger partial charge is 0.0693 e. The van der Waals surface area contributed by atoms with E-state index in [2.05, 4.69) is 41.5 Å². The Labute approximate surface area is 98.3 Å². The summed E-state index contributed by atoms with van der Waals surface area (Å²) < 4.78 is 0. The molecule has 0 aromatic rings. The third kappa shape index (κ3) is 5.63. The molecule has 0 amide bonds. The molecule has 0 saturated carbocycles. The molecular weight excluding hydrogens is 179 g/mol. The fourth-order valence-electron chi connectivity index (χ4n) is 3.22. The molecule has 0 aliphatic carbocycles. The van der Waals surface area contributed by atoms with Gasteiger partial charge in [0.05, 0.1) is 0 Å². The SMILES string of the molecule is CCCCC(CCC)B(C(C)C)C(C)C. The van der Waals surface area contributed by atoms with Crippen molar-refractivity contribution in [2.45, 2.75) is 91.1 Å². The van der Waals surface area contributed by atoms with E-state index in [-0.39, 0.29) is 0 Å². The molecule has 0 fully saturated rings. The first-order valence-corrected chi connectivity index (χ1v) is 7.04. The molecule has 1 heteroatoms. The van der Waals surface area contributed by atoms with E-state index in [1.54, 1.807) is 0 Å². The highest BCUT2D eigenvalue weighted by molar-refractivity contribution is 6.63. The van der Waals surface area contributed by atoms with Gasteiger partial charge in [0.2, 0.25) is 0 Å². The molecule has 0 N–H and O–H groups in total. The lowest BCUT2D eigenvalue weighted by Crippen LogP contribution is -2.27. The monoisotopic (exact) mass is 210 g/mol. The summed E-state index contributed by atoms with van der Waals surface area (Å²) in [5, 5.41) is 0. The fourth-order valence-corrected chi connectivity index (χ4v) is 3.22. The normalized spacial score (nSPS) is 13.6. The minimum Gasteiger partial charge on any atom is -0.0693 e. The van der Waals surface area contributed by atoms with Crippen LogP contribution in [0, 0.1) is 0 Å². The standard InChI is InChI=1S/C14H31B/c1-7-9-11-14(10-8-2)15(12(3)4)13(5)6/h12-14H,7-11H2,1-6H3.